The molecule has 0 saturated carbocycles. The summed E-state index contributed by atoms with van der Waals surface area (Å²) in [6.07, 6.45) is -0.739. The monoisotopic (exact) mass is 460 g/mol. The van der Waals surface area contributed by atoms with Crippen molar-refractivity contribution in [3.05, 3.63) is 33.8 Å². The maximum absolute atomic E-state index is 12.0. The third kappa shape index (κ3) is 9.10. The number of amides is 3. The van der Waals surface area contributed by atoms with Crippen molar-refractivity contribution >= 4 is 53.0 Å². The fraction of sp³-hybridized carbons (Fsp3) is 0.389. The van der Waals surface area contributed by atoms with Crippen molar-refractivity contribution < 1.29 is 29.0 Å². The molecule has 0 radical (unpaired) electrons. The summed E-state index contributed by atoms with van der Waals surface area (Å²) in [6, 6.07) is 3.56. The van der Waals surface area contributed by atoms with Crippen LogP contribution >= 0.6 is 23.2 Å². The van der Waals surface area contributed by atoms with Gasteiger partial charge in [-0.15, -0.1) is 4.99 Å². The van der Waals surface area contributed by atoms with Crippen molar-refractivity contribution in [2.75, 3.05) is 6.61 Å². The number of hydrogen-bond acceptors (Lipinski definition) is 5. The minimum Gasteiger partial charge on any atom is -0.480 e. The number of nitrogens with one attached hydrogen (secondary N) is 2. The first kappa shape index (κ1) is 25.2. The Kier molecular flexibility index (Phi) is 10.6. The van der Waals surface area contributed by atoms with E-state index >= 15 is 0 Å². The van der Waals surface area contributed by atoms with Crippen LogP contribution in [0.25, 0.3) is 0 Å². The Morgan fingerprint density at radius 2 is 1.83 bits per heavy atom. The summed E-state index contributed by atoms with van der Waals surface area (Å²) in [5, 5.41) is 14.2. The molecule has 164 valence electrons. The zero-order valence-corrected chi connectivity index (χ0v) is 17.6. The van der Waals surface area contributed by atoms with Gasteiger partial charge in [0.25, 0.3) is 0 Å². The van der Waals surface area contributed by atoms with Gasteiger partial charge in [-0.1, -0.05) is 36.2 Å². The molecule has 0 saturated heterocycles. The fourth-order valence-corrected chi connectivity index (χ4v) is 2.75. The topological polar surface area (TPSA) is 160 Å². The molecular formula is C18H22Cl2N4O6. The molecular weight excluding hydrogens is 439 g/mol. The molecule has 1 rings (SSSR count). The van der Waals surface area contributed by atoms with Crippen molar-refractivity contribution in [1.29, 1.82) is 0 Å². The van der Waals surface area contributed by atoms with E-state index in [4.69, 9.17) is 38.8 Å². The Morgan fingerprint density at radius 3 is 2.40 bits per heavy atom. The Morgan fingerprint density at radius 1 is 1.20 bits per heavy atom. The van der Waals surface area contributed by atoms with E-state index in [1.165, 1.54) is 0 Å². The molecule has 0 aliphatic carbocycles. The minimum absolute atomic E-state index is 0.163. The zero-order chi connectivity index (χ0) is 22.7. The lowest BCUT2D eigenvalue weighted by atomic mass is 10.1. The highest BCUT2D eigenvalue weighted by Crippen LogP contribution is 2.24. The number of ether oxygens (including phenoxy) is 1. The molecule has 3 amide bonds. The van der Waals surface area contributed by atoms with Crippen LogP contribution in [0, 0.1) is 0 Å². The van der Waals surface area contributed by atoms with E-state index in [0.717, 1.165) is 0 Å². The highest BCUT2D eigenvalue weighted by molar-refractivity contribution is 6.36. The van der Waals surface area contributed by atoms with Crippen LogP contribution in [0.15, 0.2) is 23.2 Å². The number of nitrogens with two attached hydrogens (primary N) is 1. The largest absolute Gasteiger partial charge is 0.480 e. The van der Waals surface area contributed by atoms with Crippen molar-refractivity contribution in [3.8, 4) is 0 Å². The summed E-state index contributed by atoms with van der Waals surface area (Å²) >= 11 is 12.0. The molecule has 10 nitrogen and oxygen atoms in total. The number of benzene rings is 1. The van der Waals surface area contributed by atoms with Gasteiger partial charge in [-0.25, -0.2) is 9.59 Å². The summed E-state index contributed by atoms with van der Waals surface area (Å²) in [6.45, 7) is 1.45. The van der Waals surface area contributed by atoms with E-state index in [0.29, 0.717) is 22.0 Å². The van der Waals surface area contributed by atoms with Gasteiger partial charge in [-0.05, 0) is 24.1 Å². The molecule has 1 atom stereocenters. The predicted octanol–water partition coefficient (Wildman–Crippen LogP) is 1.86. The van der Waals surface area contributed by atoms with Gasteiger partial charge < -0.3 is 20.9 Å². The van der Waals surface area contributed by atoms with E-state index in [9.17, 15) is 19.2 Å². The van der Waals surface area contributed by atoms with Gasteiger partial charge in [0, 0.05) is 22.9 Å². The van der Waals surface area contributed by atoms with Gasteiger partial charge in [0.1, 0.15) is 6.04 Å². The lowest BCUT2D eigenvalue weighted by molar-refractivity contribution is -0.142. The average molecular weight is 461 g/mol. The van der Waals surface area contributed by atoms with Crippen molar-refractivity contribution in [2.24, 2.45) is 10.7 Å². The summed E-state index contributed by atoms with van der Waals surface area (Å²) in [7, 11) is 0. The van der Waals surface area contributed by atoms with E-state index in [1.54, 1.807) is 25.1 Å². The number of carboxylic acid groups (broad SMARTS) is 1. The molecule has 0 unspecified atom stereocenters. The van der Waals surface area contributed by atoms with Crippen molar-refractivity contribution in [2.45, 2.75) is 38.6 Å². The Bertz CT molecular complexity index is 811. The molecule has 0 bridgehead atoms. The number of aliphatic imine (C=N–C) groups is 1. The number of nitrogens with zero attached hydrogens (tertiary/aromatic N) is 1. The second kappa shape index (κ2) is 12.7. The number of hydrogen-bond donors (Lipinski definition) is 4. The van der Waals surface area contributed by atoms with Crippen molar-refractivity contribution in [1.82, 2.24) is 10.6 Å². The number of carboxylic acids is 1. The molecule has 1 aromatic rings. The second-order valence-corrected chi connectivity index (χ2v) is 6.85. The SMILES string of the molecule is CCCC(=O)N[C@@H](CCOC(=O)N=C(N)NC(=O)Cc1c(Cl)cccc1Cl)C(=O)O. The van der Waals surface area contributed by atoms with E-state index in [2.05, 4.69) is 15.6 Å². The van der Waals surface area contributed by atoms with Crippen LogP contribution in [0.3, 0.4) is 0 Å². The molecule has 5 N–H and O–H groups in total. The predicted molar refractivity (Wildman–Crippen MR) is 110 cm³/mol. The molecule has 1 aromatic carbocycles. The van der Waals surface area contributed by atoms with Gasteiger partial charge in [0.05, 0.1) is 13.0 Å². The first-order valence-corrected chi connectivity index (χ1v) is 9.65. The number of guanidine groups is 1. The highest BCUT2D eigenvalue weighted by atomic mass is 35.5. The Labute approximate surface area is 182 Å². The van der Waals surface area contributed by atoms with Crippen LogP contribution < -0.4 is 16.4 Å². The highest BCUT2D eigenvalue weighted by Gasteiger charge is 2.20. The number of carbonyl (C=O) groups is 4. The van der Waals surface area contributed by atoms with Crippen LogP contribution in [0.5, 0.6) is 0 Å². The van der Waals surface area contributed by atoms with Crippen LogP contribution in [0.2, 0.25) is 10.0 Å². The first-order chi connectivity index (χ1) is 14.1. The first-order valence-electron chi connectivity index (χ1n) is 8.89. The summed E-state index contributed by atoms with van der Waals surface area (Å²) in [4.78, 5) is 49.6. The van der Waals surface area contributed by atoms with Gasteiger partial charge in [-0.2, -0.15) is 0 Å². The zero-order valence-electron chi connectivity index (χ0n) is 16.1. The molecule has 0 aliphatic rings. The van der Waals surface area contributed by atoms with E-state index in [1.807, 2.05) is 0 Å². The maximum Gasteiger partial charge on any atom is 0.436 e. The fourth-order valence-electron chi connectivity index (χ4n) is 2.22. The lowest BCUT2D eigenvalue weighted by Crippen LogP contribution is -2.41. The second-order valence-electron chi connectivity index (χ2n) is 6.03. The molecule has 0 fully saturated rings. The maximum atomic E-state index is 12.0. The average Bonchev–Trinajstić information content (AvgIpc) is 2.64. The van der Waals surface area contributed by atoms with Crippen LogP contribution in [-0.2, 0) is 25.5 Å². The van der Waals surface area contributed by atoms with E-state index < -0.39 is 35.9 Å². The third-order valence-corrected chi connectivity index (χ3v) is 4.33. The quantitative estimate of drug-likeness (QED) is 0.323. The van der Waals surface area contributed by atoms with Crippen LogP contribution in [-0.4, -0.2) is 47.6 Å². The molecule has 0 aromatic heterocycles. The van der Waals surface area contributed by atoms with Crippen molar-refractivity contribution in [3.63, 3.8) is 0 Å². The minimum atomic E-state index is -1.26. The van der Waals surface area contributed by atoms with Crippen LogP contribution in [0.4, 0.5) is 4.79 Å². The molecule has 0 spiro atoms. The summed E-state index contributed by atoms with van der Waals surface area (Å²) < 4.78 is 4.76. The summed E-state index contributed by atoms with van der Waals surface area (Å²) in [5.41, 5.74) is 5.87. The molecule has 0 heterocycles. The smallest absolute Gasteiger partial charge is 0.436 e. The Balaban J connectivity index is 2.50. The van der Waals surface area contributed by atoms with Gasteiger partial charge in [0.2, 0.25) is 17.8 Å². The van der Waals surface area contributed by atoms with Crippen LogP contribution in [0.1, 0.15) is 31.7 Å². The molecule has 12 heteroatoms. The number of halogens is 2. The molecule has 30 heavy (non-hydrogen) atoms. The standard InChI is InChI=1S/C18H22Cl2N4O6/c1-2-4-14(25)22-13(16(27)28)7-8-30-18(29)24-17(21)23-15(26)9-10-11(19)5-3-6-12(10)20/h3,5-6,13H,2,4,7-9H2,1H3,(H,22,25)(H,27,28)(H3,21,23,24,26,29)/t13-/m0/s1. The Hall–Kier alpha value is -2.85. The third-order valence-electron chi connectivity index (χ3n) is 3.62. The van der Waals surface area contributed by atoms with Gasteiger partial charge in [0.15, 0.2) is 0 Å². The lowest BCUT2D eigenvalue weighted by Gasteiger charge is -2.13. The van der Waals surface area contributed by atoms with Gasteiger partial charge >= 0.3 is 12.1 Å². The number of carbonyl (C=O) groups excluding carboxylic acids is 3. The number of aliphatic carboxylic acids is 1. The molecule has 0 aliphatic heterocycles. The summed E-state index contributed by atoms with van der Waals surface area (Å²) in [5.74, 6) is -2.80. The number of rotatable bonds is 9. The van der Waals surface area contributed by atoms with Gasteiger partial charge in [-0.3, -0.25) is 14.9 Å². The normalized spacial score (nSPS) is 12.0. The van der Waals surface area contributed by atoms with E-state index in [-0.39, 0.29) is 25.9 Å².